The minimum atomic E-state index is -0.643. The van der Waals surface area contributed by atoms with E-state index in [4.69, 9.17) is 0 Å². The quantitative estimate of drug-likeness (QED) is 0.289. The van der Waals surface area contributed by atoms with Crippen LogP contribution in [0, 0.1) is 28.6 Å². The molecule has 4 fully saturated rings. The van der Waals surface area contributed by atoms with Crippen molar-refractivity contribution in [2.24, 2.45) is 28.6 Å². The lowest BCUT2D eigenvalue weighted by atomic mass is 9.61. The molecule has 206 valence electrons. The third-order valence-corrected chi connectivity index (χ3v) is 10.4. The molecule has 0 aromatic carbocycles. The Morgan fingerprint density at radius 2 is 1.92 bits per heavy atom. The lowest BCUT2D eigenvalue weighted by molar-refractivity contribution is -0.124. The highest BCUT2D eigenvalue weighted by Crippen LogP contribution is 2.59. The number of Topliss-reactive ketones (excluding diaryl/α,β-unsaturated/α-hetero) is 1. The number of aliphatic hydroxyl groups excluding tert-OH is 3. The summed E-state index contributed by atoms with van der Waals surface area (Å²) < 4.78 is 0. The zero-order chi connectivity index (χ0) is 26.8. The molecule has 4 heteroatoms. The fourth-order valence-electron chi connectivity index (χ4n) is 7.88. The first-order valence-corrected chi connectivity index (χ1v) is 14.9. The molecule has 7 atom stereocenters. The molecule has 37 heavy (non-hydrogen) atoms. The van der Waals surface area contributed by atoms with Crippen molar-refractivity contribution < 1.29 is 20.1 Å². The number of hydrogen-bond donors (Lipinski definition) is 3. The van der Waals surface area contributed by atoms with Crippen molar-refractivity contribution in [2.75, 3.05) is 0 Å². The van der Waals surface area contributed by atoms with E-state index in [1.165, 1.54) is 31.3 Å². The van der Waals surface area contributed by atoms with Crippen LogP contribution in [-0.4, -0.2) is 39.4 Å². The second kappa shape index (κ2) is 11.7. The van der Waals surface area contributed by atoms with Crippen molar-refractivity contribution in [2.45, 2.75) is 123 Å². The summed E-state index contributed by atoms with van der Waals surface area (Å²) in [6.45, 7) is 10.9. The Kier molecular flexibility index (Phi) is 9.03. The molecular weight excluding hydrogens is 460 g/mol. The van der Waals surface area contributed by atoms with E-state index >= 15 is 0 Å². The molecule has 0 heterocycles. The summed E-state index contributed by atoms with van der Waals surface area (Å²) >= 11 is 0. The van der Waals surface area contributed by atoms with Crippen LogP contribution in [0.15, 0.2) is 47.6 Å². The Bertz CT molecular complexity index is 938. The average Bonchev–Trinajstić information content (AvgIpc) is 3.57. The maximum Gasteiger partial charge on any atom is 0.139 e. The van der Waals surface area contributed by atoms with Gasteiger partial charge >= 0.3 is 0 Å². The van der Waals surface area contributed by atoms with Gasteiger partial charge in [0.05, 0.1) is 18.3 Å². The molecule has 4 saturated carbocycles. The summed E-state index contributed by atoms with van der Waals surface area (Å²) in [5.74, 6) is 1.96. The molecule has 0 amide bonds. The first kappa shape index (κ1) is 28.5. The number of allylic oxidation sites excluding steroid dienone is 4. The van der Waals surface area contributed by atoms with Crippen LogP contribution in [0.1, 0.15) is 104 Å². The SMILES string of the molecule is C=C1/C(=C\C=C2/CCC[C@]3(C)[C@@H]([C@H](C)/C=C/[C@H](O)CCC4(C(=O)CCC)CC4)CC[C@@H]23)C[C@@H](O)C[C@@H]1O. The van der Waals surface area contributed by atoms with E-state index in [0.717, 1.165) is 43.3 Å². The van der Waals surface area contributed by atoms with Gasteiger partial charge in [-0.3, -0.25) is 4.79 Å². The third kappa shape index (κ3) is 6.23. The lowest BCUT2D eigenvalue weighted by Gasteiger charge is -2.44. The van der Waals surface area contributed by atoms with Gasteiger partial charge in [-0.1, -0.05) is 57.2 Å². The summed E-state index contributed by atoms with van der Waals surface area (Å²) in [7, 11) is 0. The van der Waals surface area contributed by atoms with Crippen LogP contribution in [-0.2, 0) is 4.79 Å². The molecule has 4 nitrogen and oxygen atoms in total. The highest BCUT2D eigenvalue weighted by Gasteiger charge is 2.50. The van der Waals surface area contributed by atoms with Gasteiger partial charge < -0.3 is 15.3 Å². The average molecular weight is 511 g/mol. The summed E-state index contributed by atoms with van der Waals surface area (Å²) in [6.07, 6.45) is 19.0. The maximum atomic E-state index is 12.4. The molecule has 0 radical (unpaired) electrons. The highest BCUT2D eigenvalue weighted by molar-refractivity contribution is 5.87. The Morgan fingerprint density at radius 3 is 2.62 bits per heavy atom. The van der Waals surface area contributed by atoms with Gasteiger partial charge in [-0.15, -0.1) is 0 Å². The molecule has 0 spiro atoms. The van der Waals surface area contributed by atoms with Crippen LogP contribution < -0.4 is 0 Å². The molecule has 0 aliphatic heterocycles. The van der Waals surface area contributed by atoms with Crippen LogP contribution in [0.3, 0.4) is 0 Å². The Balaban J connectivity index is 1.37. The largest absolute Gasteiger partial charge is 0.393 e. The van der Waals surface area contributed by atoms with Gasteiger partial charge in [0.25, 0.3) is 0 Å². The van der Waals surface area contributed by atoms with Crippen LogP contribution in [0.25, 0.3) is 0 Å². The molecule has 3 N–H and O–H groups in total. The predicted molar refractivity (Wildman–Crippen MR) is 150 cm³/mol. The number of fused-ring (bicyclic) bond motifs is 1. The molecule has 4 aliphatic rings. The van der Waals surface area contributed by atoms with Gasteiger partial charge in [-0.05, 0) is 105 Å². The fourth-order valence-corrected chi connectivity index (χ4v) is 7.88. The minimum Gasteiger partial charge on any atom is -0.393 e. The van der Waals surface area contributed by atoms with Crippen molar-refractivity contribution in [1.29, 1.82) is 0 Å². The Hall–Kier alpha value is -1.49. The smallest absolute Gasteiger partial charge is 0.139 e. The summed E-state index contributed by atoms with van der Waals surface area (Å²) in [5.41, 5.74) is 3.38. The number of carbonyl (C=O) groups is 1. The molecule has 0 saturated heterocycles. The van der Waals surface area contributed by atoms with E-state index in [9.17, 15) is 20.1 Å². The Morgan fingerprint density at radius 1 is 1.16 bits per heavy atom. The minimum absolute atomic E-state index is 0.122. The second-order valence-corrected chi connectivity index (χ2v) is 13.0. The number of hydrogen-bond acceptors (Lipinski definition) is 4. The van der Waals surface area contributed by atoms with Crippen molar-refractivity contribution in [3.8, 4) is 0 Å². The molecule has 0 unspecified atom stereocenters. The molecule has 4 rings (SSSR count). The van der Waals surface area contributed by atoms with E-state index < -0.39 is 18.3 Å². The van der Waals surface area contributed by atoms with E-state index in [2.05, 4.69) is 45.6 Å². The fraction of sp³-hybridized carbons (Fsp3) is 0.727. The monoisotopic (exact) mass is 510 g/mol. The third-order valence-electron chi connectivity index (χ3n) is 10.4. The van der Waals surface area contributed by atoms with Gasteiger partial charge in [0.15, 0.2) is 0 Å². The Labute approximate surface area is 224 Å². The van der Waals surface area contributed by atoms with Gasteiger partial charge in [0.2, 0.25) is 0 Å². The zero-order valence-corrected chi connectivity index (χ0v) is 23.4. The molecular formula is C33H50O4. The maximum absolute atomic E-state index is 12.4. The number of carbonyl (C=O) groups excluding carboxylic acids is 1. The molecule has 0 aromatic heterocycles. The van der Waals surface area contributed by atoms with Crippen LogP contribution in [0.5, 0.6) is 0 Å². The van der Waals surface area contributed by atoms with Crippen LogP contribution in [0.2, 0.25) is 0 Å². The van der Waals surface area contributed by atoms with Crippen molar-refractivity contribution in [1.82, 2.24) is 0 Å². The highest BCUT2D eigenvalue weighted by atomic mass is 16.3. The van der Waals surface area contributed by atoms with E-state index in [-0.39, 0.29) is 10.8 Å². The van der Waals surface area contributed by atoms with Gasteiger partial charge in [-0.2, -0.15) is 0 Å². The van der Waals surface area contributed by atoms with Gasteiger partial charge in [0.1, 0.15) is 5.78 Å². The van der Waals surface area contributed by atoms with Crippen molar-refractivity contribution in [3.05, 3.63) is 47.6 Å². The van der Waals surface area contributed by atoms with Crippen molar-refractivity contribution in [3.63, 3.8) is 0 Å². The standard InChI is InChI=1S/C33H50O4/c1-5-7-31(37)33(18-19-33)17-15-26(34)12-9-22(2)28-13-14-29-24(8-6-16-32(28,29)4)10-11-25-20-27(35)21-30(36)23(25)3/h9-12,22,26-30,34-36H,3,5-8,13-21H2,1-2,4H3/b12-9+,24-10+,25-11-/t22-,26+,27-,28-,29+,30+,32-/m1/s1. The molecule has 0 aromatic rings. The zero-order valence-electron chi connectivity index (χ0n) is 23.4. The molecule has 4 aliphatic carbocycles. The first-order chi connectivity index (χ1) is 17.6. The normalized spacial score (nSPS) is 37.2. The van der Waals surface area contributed by atoms with Gasteiger partial charge in [0, 0.05) is 18.3 Å². The van der Waals surface area contributed by atoms with E-state index in [1.54, 1.807) is 0 Å². The molecule has 0 bridgehead atoms. The van der Waals surface area contributed by atoms with Crippen molar-refractivity contribution >= 4 is 5.78 Å². The topological polar surface area (TPSA) is 77.8 Å². The predicted octanol–water partition coefficient (Wildman–Crippen LogP) is 6.61. The van der Waals surface area contributed by atoms with Crippen LogP contribution >= 0.6 is 0 Å². The van der Waals surface area contributed by atoms with E-state index in [1.807, 2.05) is 6.08 Å². The van der Waals surface area contributed by atoms with E-state index in [0.29, 0.717) is 49.2 Å². The first-order valence-electron chi connectivity index (χ1n) is 14.9. The number of rotatable bonds is 10. The van der Waals surface area contributed by atoms with Crippen LogP contribution in [0.4, 0.5) is 0 Å². The summed E-state index contributed by atoms with van der Waals surface area (Å²) in [4.78, 5) is 12.4. The second-order valence-electron chi connectivity index (χ2n) is 13.0. The number of ketones is 1. The summed E-state index contributed by atoms with van der Waals surface area (Å²) in [6, 6.07) is 0. The summed E-state index contributed by atoms with van der Waals surface area (Å²) in [5, 5.41) is 31.0. The lowest BCUT2D eigenvalue weighted by Crippen LogP contribution is -2.35. The van der Waals surface area contributed by atoms with Gasteiger partial charge in [-0.25, -0.2) is 0 Å². The number of aliphatic hydroxyl groups is 3.